The summed E-state index contributed by atoms with van der Waals surface area (Å²) in [6.45, 7) is 13.5. The molecule has 3 heterocycles. The Labute approximate surface area is 207 Å². The maximum Gasteiger partial charge on any atom is 0.340 e. The largest absolute Gasteiger partial charge is 0.440 e. The van der Waals surface area contributed by atoms with Crippen molar-refractivity contribution >= 4 is 22.6 Å². The number of benzene rings is 2. The molecular formula is C30H33N3O2. The molecule has 1 atom stereocenters. The molecule has 1 aliphatic heterocycles. The number of pyridine rings is 1. The second-order valence-corrected chi connectivity index (χ2v) is 9.08. The highest BCUT2D eigenvalue weighted by Crippen LogP contribution is 2.51. The summed E-state index contributed by atoms with van der Waals surface area (Å²) in [5, 5.41) is 1.10. The van der Waals surface area contributed by atoms with Gasteiger partial charge in [0.1, 0.15) is 0 Å². The van der Waals surface area contributed by atoms with Crippen molar-refractivity contribution in [2.45, 2.75) is 53.2 Å². The predicted molar refractivity (Wildman–Crippen MR) is 141 cm³/mol. The summed E-state index contributed by atoms with van der Waals surface area (Å²) in [6, 6.07) is 16.8. The third-order valence-electron chi connectivity index (χ3n) is 7.54. The average Bonchev–Trinajstić information content (AvgIpc) is 3.35. The summed E-state index contributed by atoms with van der Waals surface area (Å²) in [5.41, 5.74) is 7.00. The monoisotopic (exact) mass is 467 g/mol. The lowest BCUT2D eigenvalue weighted by molar-refractivity contribution is 0.0251. The van der Waals surface area contributed by atoms with E-state index in [0.717, 1.165) is 59.3 Å². The molecule has 2 aromatic carbocycles. The number of carbonyl (C=O) groups is 1. The first-order valence-electron chi connectivity index (χ1n) is 12.7. The first-order valence-corrected chi connectivity index (χ1v) is 12.7. The van der Waals surface area contributed by atoms with Crippen LogP contribution in [-0.4, -0.2) is 28.6 Å². The molecule has 5 rings (SSSR count). The van der Waals surface area contributed by atoms with E-state index in [1.165, 1.54) is 11.3 Å². The Kier molecular flexibility index (Phi) is 5.87. The number of aryl methyl sites for hydroxylation is 2. The molecule has 0 saturated carbocycles. The van der Waals surface area contributed by atoms with E-state index < -0.39 is 5.60 Å². The van der Waals surface area contributed by atoms with Gasteiger partial charge in [0.15, 0.2) is 5.60 Å². The molecule has 5 heteroatoms. The van der Waals surface area contributed by atoms with Crippen LogP contribution in [0.1, 0.15) is 66.0 Å². The van der Waals surface area contributed by atoms with E-state index in [2.05, 4.69) is 91.5 Å². The van der Waals surface area contributed by atoms with Crippen molar-refractivity contribution in [2.24, 2.45) is 0 Å². The number of para-hydroxylation sites is 1. The highest BCUT2D eigenvalue weighted by Gasteiger charge is 2.52. The van der Waals surface area contributed by atoms with Crippen LogP contribution in [0.25, 0.3) is 10.9 Å². The molecule has 35 heavy (non-hydrogen) atoms. The number of rotatable bonds is 7. The lowest BCUT2D eigenvalue weighted by atomic mass is 9.77. The van der Waals surface area contributed by atoms with Crippen molar-refractivity contribution in [1.82, 2.24) is 9.55 Å². The van der Waals surface area contributed by atoms with E-state index in [9.17, 15) is 4.79 Å². The summed E-state index contributed by atoms with van der Waals surface area (Å²) in [7, 11) is 0. The van der Waals surface area contributed by atoms with Crippen molar-refractivity contribution in [3.8, 4) is 0 Å². The molecule has 5 nitrogen and oxygen atoms in total. The molecule has 180 valence electrons. The number of ether oxygens (including phenoxy) is 1. The fourth-order valence-electron chi connectivity index (χ4n) is 5.91. The third-order valence-corrected chi connectivity index (χ3v) is 7.54. The van der Waals surface area contributed by atoms with Crippen LogP contribution in [0.4, 0.5) is 5.69 Å². The van der Waals surface area contributed by atoms with E-state index in [4.69, 9.17) is 4.74 Å². The zero-order chi connectivity index (χ0) is 24.7. The van der Waals surface area contributed by atoms with Gasteiger partial charge in [-0.25, -0.2) is 4.79 Å². The van der Waals surface area contributed by atoms with Crippen molar-refractivity contribution in [2.75, 3.05) is 18.0 Å². The van der Waals surface area contributed by atoms with E-state index in [1.54, 1.807) is 12.3 Å². The van der Waals surface area contributed by atoms with Gasteiger partial charge in [-0.1, -0.05) is 31.2 Å². The molecule has 1 aliphatic rings. The van der Waals surface area contributed by atoms with Gasteiger partial charge in [-0.3, -0.25) is 4.98 Å². The number of fused-ring (bicyclic) bond motifs is 2. The fourth-order valence-corrected chi connectivity index (χ4v) is 5.91. The number of hydrogen-bond acceptors (Lipinski definition) is 4. The van der Waals surface area contributed by atoms with E-state index >= 15 is 0 Å². The number of carbonyl (C=O) groups excluding carboxylic acids is 1. The summed E-state index contributed by atoms with van der Waals surface area (Å²) in [4.78, 5) is 20.2. The Bertz CT molecular complexity index is 1420. The summed E-state index contributed by atoms with van der Waals surface area (Å²) < 4.78 is 8.84. The molecule has 0 N–H and O–H groups in total. The van der Waals surface area contributed by atoms with Gasteiger partial charge >= 0.3 is 5.97 Å². The average molecular weight is 468 g/mol. The number of anilines is 1. The normalized spacial score (nSPS) is 17.0. The van der Waals surface area contributed by atoms with Gasteiger partial charge in [0, 0.05) is 71.0 Å². The van der Waals surface area contributed by atoms with Crippen LogP contribution in [0.3, 0.4) is 0 Å². The number of hydrogen-bond donors (Lipinski definition) is 0. The van der Waals surface area contributed by atoms with E-state index in [-0.39, 0.29) is 5.97 Å². The maximum absolute atomic E-state index is 13.4. The zero-order valence-electron chi connectivity index (χ0n) is 21.3. The first-order chi connectivity index (χ1) is 17.0. The first kappa shape index (κ1) is 23.2. The smallest absolute Gasteiger partial charge is 0.340 e. The second-order valence-electron chi connectivity index (χ2n) is 9.08. The van der Waals surface area contributed by atoms with Crippen molar-refractivity contribution in [1.29, 1.82) is 0 Å². The Hall–Kier alpha value is -3.60. The zero-order valence-corrected chi connectivity index (χ0v) is 21.3. The van der Waals surface area contributed by atoms with Gasteiger partial charge in [0.2, 0.25) is 0 Å². The number of cyclic esters (lactones) is 1. The number of esters is 1. The Morgan fingerprint density at radius 1 is 1.00 bits per heavy atom. The van der Waals surface area contributed by atoms with Crippen LogP contribution in [0, 0.1) is 6.92 Å². The summed E-state index contributed by atoms with van der Waals surface area (Å²) >= 11 is 0. The molecule has 0 fully saturated rings. The third kappa shape index (κ3) is 3.28. The molecule has 0 amide bonds. The van der Waals surface area contributed by atoms with Gasteiger partial charge in [0.25, 0.3) is 0 Å². The highest BCUT2D eigenvalue weighted by molar-refractivity contribution is 5.98. The Morgan fingerprint density at radius 2 is 1.77 bits per heavy atom. The highest BCUT2D eigenvalue weighted by atomic mass is 16.6. The van der Waals surface area contributed by atoms with Gasteiger partial charge in [-0.05, 0) is 63.9 Å². The molecule has 0 bridgehead atoms. The standard InChI is InChI=1S/C30H33N3O2/c1-6-21-18-22(32(7-2)8-3)14-15-25(21)30(26-19-31-17-16-23(26)29(34)35-30)28-20(5)33(9-4)27-13-11-10-12-24(27)28/h10-19H,6-9H2,1-5H3. The van der Waals surface area contributed by atoms with Crippen LogP contribution >= 0.6 is 0 Å². The molecule has 0 radical (unpaired) electrons. The minimum absolute atomic E-state index is 0.301. The fraction of sp³-hybridized carbons (Fsp3) is 0.333. The summed E-state index contributed by atoms with van der Waals surface area (Å²) in [6.07, 6.45) is 4.31. The van der Waals surface area contributed by atoms with E-state index in [1.807, 2.05) is 6.20 Å². The molecule has 4 aromatic rings. The van der Waals surface area contributed by atoms with Gasteiger partial charge < -0.3 is 14.2 Å². The van der Waals surface area contributed by atoms with Crippen molar-refractivity contribution in [3.05, 3.63) is 94.4 Å². The number of nitrogens with zero attached hydrogens (tertiary/aromatic N) is 3. The molecule has 2 aromatic heterocycles. The van der Waals surface area contributed by atoms with Crippen LogP contribution in [-0.2, 0) is 23.3 Å². The SMILES string of the molecule is CCc1cc(N(CC)CC)ccc1C1(c2c(C)n(CC)c3ccccc23)OC(=O)c2ccncc21. The molecule has 0 aliphatic carbocycles. The van der Waals surface area contributed by atoms with Gasteiger partial charge in [0.05, 0.1) is 5.56 Å². The molecule has 0 saturated heterocycles. The Balaban J connectivity index is 1.90. The minimum atomic E-state index is -1.06. The van der Waals surface area contributed by atoms with Crippen LogP contribution in [0.15, 0.2) is 60.9 Å². The maximum atomic E-state index is 13.4. The van der Waals surface area contributed by atoms with Crippen molar-refractivity contribution in [3.63, 3.8) is 0 Å². The van der Waals surface area contributed by atoms with Crippen molar-refractivity contribution < 1.29 is 9.53 Å². The van der Waals surface area contributed by atoms with E-state index in [0.29, 0.717) is 5.56 Å². The van der Waals surface area contributed by atoms with Crippen LogP contribution < -0.4 is 4.90 Å². The topological polar surface area (TPSA) is 47.4 Å². The number of aromatic nitrogens is 2. The predicted octanol–water partition coefficient (Wildman–Crippen LogP) is 6.24. The molecule has 0 spiro atoms. The van der Waals surface area contributed by atoms with Crippen LogP contribution in [0.2, 0.25) is 0 Å². The Morgan fingerprint density at radius 3 is 2.49 bits per heavy atom. The second kappa shape index (κ2) is 8.88. The molecular weight excluding hydrogens is 434 g/mol. The van der Waals surface area contributed by atoms with Gasteiger partial charge in [-0.2, -0.15) is 0 Å². The summed E-state index contributed by atoms with van der Waals surface area (Å²) in [5.74, 6) is -0.301. The quantitative estimate of drug-likeness (QED) is 0.302. The minimum Gasteiger partial charge on any atom is -0.440 e. The lowest BCUT2D eigenvalue weighted by Crippen LogP contribution is -2.32. The molecule has 1 unspecified atom stereocenters. The van der Waals surface area contributed by atoms with Gasteiger partial charge in [-0.15, -0.1) is 0 Å². The van der Waals surface area contributed by atoms with Crippen LogP contribution in [0.5, 0.6) is 0 Å². The lowest BCUT2D eigenvalue weighted by Gasteiger charge is -2.33.